The summed E-state index contributed by atoms with van der Waals surface area (Å²) in [5.74, 6) is -0.910. The molecule has 19 heavy (non-hydrogen) atoms. The van der Waals surface area contributed by atoms with Crippen LogP contribution in [0, 0.1) is 5.92 Å². The van der Waals surface area contributed by atoms with Gasteiger partial charge >= 0.3 is 5.97 Å². The van der Waals surface area contributed by atoms with Crippen LogP contribution in [0.25, 0.3) is 0 Å². The minimum absolute atomic E-state index is 0.0786. The van der Waals surface area contributed by atoms with Crippen LogP contribution in [0.2, 0.25) is 0 Å². The highest BCUT2D eigenvalue weighted by molar-refractivity contribution is 9.10. The van der Waals surface area contributed by atoms with Crippen LogP contribution in [-0.4, -0.2) is 42.5 Å². The number of methoxy groups -OCH3 is 1. The van der Waals surface area contributed by atoms with E-state index in [2.05, 4.69) is 35.7 Å². The molecule has 8 nitrogen and oxygen atoms in total. The molecule has 0 aromatic carbocycles. The lowest BCUT2D eigenvalue weighted by atomic mass is 10.1. The lowest BCUT2D eigenvalue weighted by Crippen LogP contribution is -2.45. The number of rotatable bonds is 5. The van der Waals surface area contributed by atoms with Gasteiger partial charge in [-0.05, 0) is 21.8 Å². The molecule has 108 valence electrons. The van der Waals surface area contributed by atoms with Gasteiger partial charge in [-0.15, -0.1) is 5.10 Å². The Labute approximate surface area is 119 Å². The Morgan fingerprint density at radius 2 is 2.05 bits per heavy atom. The summed E-state index contributed by atoms with van der Waals surface area (Å²) in [4.78, 5) is 11.6. The number of carbonyl (C=O) groups is 1. The van der Waals surface area contributed by atoms with Crippen molar-refractivity contribution in [2.45, 2.75) is 24.9 Å². The molecule has 0 aliphatic heterocycles. The van der Waals surface area contributed by atoms with Gasteiger partial charge in [0.2, 0.25) is 5.03 Å². The summed E-state index contributed by atoms with van der Waals surface area (Å²) in [7, 11) is -1.30. The molecule has 1 unspecified atom stereocenters. The quantitative estimate of drug-likeness (QED) is 0.749. The molecule has 0 bridgehead atoms. The van der Waals surface area contributed by atoms with Crippen LogP contribution in [0.1, 0.15) is 13.8 Å². The van der Waals surface area contributed by atoms with Crippen molar-refractivity contribution in [1.82, 2.24) is 19.7 Å². The molecular formula is C9H15BrN4O4S. The minimum Gasteiger partial charge on any atom is -0.468 e. The predicted molar refractivity (Wildman–Crippen MR) is 69.7 cm³/mol. The van der Waals surface area contributed by atoms with E-state index in [1.54, 1.807) is 13.8 Å². The normalized spacial score (nSPS) is 13.6. The van der Waals surface area contributed by atoms with E-state index in [9.17, 15) is 13.2 Å². The lowest BCUT2D eigenvalue weighted by molar-refractivity contribution is -0.143. The van der Waals surface area contributed by atoms with Gasteiger partial charge in [0.15, 0.2) is 4.60 Å². The topological polar surface area (TPSA) is 103 Å². The van der Waals surface area contributed by atoms with Gasteiger partial charge in [-0.1, -0.05) is 19.1 Å². The monoisotopic (exact) mass is 354 g/mol. The van der Waals surface area contributed by atoms with Crippen LogP contribution in [0.4, 0.5) is 0 Å². The zero-order chi connectivity index (χ0) is 14.8. The highest BCUT2D eigenvalue weighted by atomic mass is 79.9. The molecule has 1 atom stereocenters. The number of carbonyl (C=O) groups excluding carboxylic acids is 1. The van der Waals surface area contributed by atoms with E-state index in [0.29, 0.717) is 0 Å². The van der Waals surface area contributed by atoms with Gasteiger partial charge in [-0.25, -0.2) is 13.1 Å². The molecule has 0 saturated carbocycles. The van der Waals surface area contributed by atoms with Gasteiger partial charge < -0.3 is 4.74 Å². The van der Waals surface area contributed by atoms with Crippen molar-refractivity contribution in [2.75, 3.05) is 7.11 Å². The number of nitrogens with one attached hydrogen (secondary N) is 1. The van der Waals surface area contributed by atoms with Gasteiger partial charge in [0.05, 0.1) is 7.11 Å². The van der Waals surface area contributed by atoms with Crippen LogP contribution >= 0.6 is 15.9 Å². The molecule has 0 aliphatic rings. The fraction of sp³-hybridized carbons (Fsp3) is 0.667. The molecule has 0 aliphatic carbocycles. The standard InChI is InChI=1S/C9H15BrN4O4S/c1-5(2)6(9(15)18-4)12-19(16,17)8-7(10)11-13-14(8)3/h5-6,12H,1-4H3. The molecule has 1 rings (SSSR count). The second-order valence-electron chi connectivity index (χ2n) is 4.18. The smallest absolute Gasteiger partial charge is 0.324 e. The Morgan fingerprint density at radius 3 is 2.42 bits per heavy atom. The summed E-state index contributed by atoms with van der Waals surface area (Å²) in [5.41, 5.74) is 0. The molecular weight excluding hydrogens is 340 g/mol. The zero-order valence-electron chi connectivity index (χ0n) is 10.9. The number of halogens is 1. The number of hydrogen-bond acceptors (Lipinski definition) is 6. The molecule has 0 saturated heterocycles. The molecule has 1 N–H and O–H groups in total. The summed E-state index contributed by atoms with van der Waals surface area (Å²) >= 11 is 3.00. The fourth-order valence-electron chi connectivity index (χ4n) is 1.41. The number of nitrogens with zero attached hydrogens (tertiary/aromatic N) is 3. The number of esters is 1. The zero-order valence-corrected chi connectivity index (χ0v) is 13.3. The highest BCUT2D eigenvalue weighted by Gasteiger charge is 2.32. The molecule has 1 heterocycles. The third-order valence-electron chi connectivity index (χ3n) is 2.40. The molecule has 0 spiro atoms. The first-order valence-corrected chi connectivity index (χ1v) is 7.63. The van der Waals surface area contributed by atoms with Crippen molar-refractivity contribution in [3.8, 4) is 0 Å². The van der Waals surface area contributed by atoms with Crippen LogP contribution in [0.15, 0.2) is 9.63 Å². The van der Waals surface area contributed by atoms with Crippen molar-refractivity contribution in [3.05, 3.63) is 4.60 Å². The first-order chi connectivity index (χ1) is 8.70. The SMILES string of the molecule is COC(=O)C(NS(=O)(=O)c1c(Br)nnn1C)C(C)C. The van der Waals surface area contributed by atoms with Crippen molar-refractivity contribution in [3.63, 3.8) is 0 Å². The van der Waals surface area contributed by atoms with E-state index >= 15 is 0 Å². The van der Waals surface area contributed by atoms with E-state index in [-0.39, 0.29) is 15.5 Å². The van der Waals surface area contributed by atoms with E-state index < -0.39 is 22.0 Å². The van der Waals surface area contributed by atoms with Gasteiger partial charge in [0.1, 0.15) is 6.04 Å². The van der Waals surface area contributed by atoms with Gasteiger partial charge in [0.25, 0.3) is 10.0 Å². The molecule has 0 amide bonds. The summed E-state index contributed by atoms with van der Waals surface area (Å²) < 4.78 is 32.5. The summed E-state index contributed by atoms with van der Waals surface area (Å²) in [5, 5.41) is 7.03. The lowest BCUT2D eigenvalue weighted by Gasteiger charge is -2.19. The molecule has 1 aromatic rings. The average Bonchev–Trinajstić information content (AvgIpc) is 2.65. The third-order valence-corrected chi connectivity index (χ3v) is 4.72. The Bertz CT molecular complexity index is 549. The van der Waals surface area contributed by atoms with Gasteiger partial charge in [-0.2, -0.15) is 4.72 Å². The van der Waals surface area contributed by atoms with Crippen LogP contribution in [-0.2, 0) is 26.6 Å². The maximum atomic E-state index is 12.2. The maximum absolute atomic E-state index is 12.2. The van der Waals surface area contributed by atoms with Crippen molar-refractivity contribution < 1.29 is 17.9 Å². The highest BCUT2D eigenvalue weighted by Crippen LogP contribution is 2.19. The molecule has 1 aromatic heterocycles. The summed E-state index contributed by atoms with van der Waals surface area (Å²) in [6, 6.07) is -0.975. The van der Waals surface area contributed by atoms with E-state index in [1.807, 2.05) is 0 Å². The number of aryl methyl sites for hydroxylation is 1. The number of hydrogen-bond donors (Lipinski definition) is 1. The first kappa shape index (κ1) is 16.1. The first-order valence-electron chi connectivity index (χ1n) is 5.36. The van der Waals surface area contributed by atoms with E-state index in [0.717, 1.165) is 4.68 Å². The summed E-state index contributed by atoms with van der Waals surface area (Å²) in [6.45, 7) is 3.42. The van der Waals surface area contributed by atoms with E-state index in [1.165, 1.54) is 14.2 Å². The predicted octanol–water partition coefficient (Wildman–Crippen LogP) is 0.0535. The maximum Gasteiger partial charge on any atom is 0.324 e. The third kappa shape index (κ3) is 3.51. The minimum atomic E-state index is -3.94. The van der Waals surface area contributed by atoms with E-state index in [4.69, 9.17) is 0 Å². The average molecular weight is 355 g/mol. The fourth-order valence-corrected chi connectivity index (χ4v) is 3.84. The molecule has 0 radical (unpaired) electrons. The number of aromatic nitrogens is 3. The second-order valence-corrected chi connectivity index (χ2v) is 6.56. The number of ether oxygens (including phenoxy) is 1. The van der Waals surface area contributed by atoms with Crippen LogP contribution < -0.4 is 4.72 Å². The van der Waals surface area contributed by atoms with Crippen LogP contribution in [0.3, 0.4) is 0 Å². The molecule has 0 fully saturated rings. The number of sulfonamides is 1. The van der Waals surface area contributed by atoms with Crippen LogP contribution in [0.5, 0.6) is 0 Å². The second kappa shape index (κ2) is 5.97. The Morgan fingerprint density at radius 1 is 1.47 bits per heavy atom. The van der Waals surface area contributed by atoms with Crippen molar-refractivity contribution in [2.24, 2.45) is 13.0 Å². The van der Waals surface area contributed by atoms with Gasteiger partial charge in [0, 0.05) is 7.05 Å². The molecule has 10 heteroatoms. The Hall–Kier alpha value is -1.00. The van der Waals surface area contributed by atoms with Crippen molar-refractivity contribution in [1.29, 1.82) is 0 Å². The Balaban J connectivity index is 3.12. The Kier molecular flexibility index (Phi) is 5.04. The van der Waals surface area contributed by atoms with Crippen molar-refractivity contribution >= 4 is 31.9 Å². The van der Waals surface area contributed by atoms with Gasteiger partial charge in [-0.3, -0.25) is 4.79 Å². The largest absolute Gasteiger partial charge is 0.468 e. The summed E-state index contributed by atoms with van der Waals surface area (Å²) in [6.07, 6.45) is 0.